The molecule has 1 heterocycles. The Morgan fingerprint density at radius 1 is 1.53 bits per heavy atom. The van der Waals surface area contributed by atoms with Gasteiger partial charge in [-0.15, -0.1) is 0 Å². The SMILES string of the molecule is COc1ccc(CN2CCC[C@@H]2CO)c(F)c1. The molecule has 1 N–H and O–H groups in total. The quantitative estimate of drug-likeness (QED) is 0.869. The highest BCUT2D eigenvalue weighted by molar-refractivity contribution is 5.28. The van der Waals surface area contributed by atoms with Gasteiger partial charge in [-0.2, -0.15) is 0 Å². The van der Waals surface area contributed by atoms with Crippen molar-refractivity contribution in [1.82, 2.24) is 4.90 Å². The van der Waals surface area contributed by atoms with Gasteiger partial charge in [0.05, 0.1) is 13.7 Å². The molecule has 0 amide bonds. The summed E-state index contributed by atoms with van der Waals surface area (Å²) in [4.78, 5) is 2.13. The fourth-order valence-electron chi connectivity index (χ4n) is 2.31. The number of methoxy groups -OCH3 is 1. The average molecular weight is 239 g/mol. The maximum Gasteiger partial charge on any atom is 0.131 e. The number of hydrogen-bond donors (Lipinski definition) is 1. The minimum Gasteiger partial charge on any atom is -0.497 e. The lowest BCUT2D eigenvalue weighted by atomic mass is 10.1. The molecule has 2 rings (SSSR count). The summed E-state index contributed by atoms with van der Waals surface area (Å²) >= 11 is 0. The first-order chi connectivity index (χ1) is 8.24. The Morgan fingerprint density at radius 3 is 3.00 bits per heavy atom. The third-order valence-electron chi connectivity index (χ3n) is 3.34. The Bertz CT molecular complexity index is 384. The molecule has 17 heavy (non-hydrogen) atoms. The Balaban J connectivity index is 2.08. The Hall–Kier alpha value is -1.13. The first kappa shape index (κ1) is 12.3. The summed E-state index contributed by atoms with van der Waals surface area (Å²) in [7, 11) is 1.52. The molecule has 1 aromatic carbocycles. The molecule has 0 spiro atoms. The van der Waals surface area contributed by atoms with Crippen LogP contribution < -0.4 is 4.74 Å². The van der Waals surface area contributed by atoms with Crippen molar-refractivity contribution in [2.45, 2.75) is 25.4 Å². The number of benzene rings is 1. The Kier molecular flexibility index (Phi) is 3.97. The number of halogens is 1. The largest absolute Gasteiger partial charge is 0.497 e. The number of aliphatic hydroxyl groups is 1. The third kappa shape index (κ3) is 2.76. The lowest BCUT2D eigenvalue weighted by Crippen LogP contribution is -2.31. The van der Waals surface area contributed by atoms with Crippen molar-refractivity contribution in [3.63, 3.8) is 0 Å². The minimum absolute atomic E-state index is 0.151. The number of nitrogens with zero attached hydrogens (tertiary/aromatic N) is 1. The van der Waals surface area contributed by atoms with Crippen LogP contribution in [-0.4, -0.2) is 36.3 Å². The highest BCUT2D eigenvalue weighted by Gasteiger charge is 2.24. The van der Waals surface area contributed by atoms with Gasteiger partial charge in [0.2, 0.25) is 0 Å². The zero-order valence-electron chi connectivity index (χ0n) is 10.0. The average Bonchev–Trinajstić information content (AvgIpc) is 2.79. The zero-order valence-corrected chi connectivity index (χ0v) is 10.0. The molecule has 3 nitrogen and oxygen atoms in total. The number of rotatable bonds is 4. The van der Waals surface area contributed by atoms with Crippen LogP contribution in [0.1, 0.15) is 18.4 Å². The van der Waals surface area contributed by atoms with Gasteiger partial charge in [-0.1, -0.05) is 6.07 Å². The first-order valence-corrected chi connectivity index (χ1v) is 5.92. The molecule has 1 saturated heterocycles. The maximum absolute atomic E-state index is 13.8. The van der Waals surface area contributed by atoms with Gasteiger partial charge in [0.15, 0.2) is 0 Å². The molecule has 0 bridgehead atoms. The van der Waals surface area contributed by atoms with Crippen LogP contribution in [0.3, 0.4) is 0 Å². The van der Waals surface area contributed by atoms with Crippen molar-refractivity contribution in [2.24, 2.45) is 0 Å². The monoisotopic (exact) mass is 239 g/mol. The number of hydrogen-bond acceptors (Lipinski definition) is 3. The van der Waals surface area contributed by atoms with Gasteiger partial charge in [0.25, 0.3) is 0 Å². The molecule has 0 radical (unpaired) electrons. The molecular weight excluding hydrogens is 221 g/mol. The lowest BCUT2D eigenvalue weighted by molar-refractivity contribution is 0.152. The van der Waals surface area contributed by atoms with Crippen molar-refractivity contribution in [1.29, 1.82) is 0 Å². The van der Waals surface area contributed by atoms with Gasteiger partial charge in [0, 0.05) is 24.2 Å². The summed E-state index contributed by atoms with van der Waals surface area (Å²) in [5.41, 5.74) is 0.658. The van der Waals surface area contributed by atoms with E-state index in [-0.39, 0.29) is 18.5 Å². The van der Waals surface area contributed by atoms with Gasteiger partial charge in [-0.25, -0.2) is 4.39 Å². The summed E-state index contributed by atoms with van der Waals surface area (Å²) in [6, 6.07) is 5.10. The second kappa shape index (κ2) is 5.47. The van der Waals surface area contributed by atoms with E-state index < -0.39 is 0 Å². The molecule has 4 heteroatoms. The number of ether oxygens (including phenoxy) is 1. The van der Waals surface area contributed by atoms with Gasteiger partial charge >= 0.3 is 0 Å². The lowest BCUT2D eigenvalue weighted by Gasteiger charge is -2.22. The van der Waals surface area contributed by atoms with Crippen LogP contribution in [0.4, 0.5) is 4.39 Å². The summed E-state index contributed by atoms with van der Waals surface area (Å²) in [6.07, 6.45) is 2.07. The van der Waals surface area contributed by atoms with E-state index in [0.717, 1.165) is 19.4 Å². The van der Waals surface area contributed by atoms with Crippen molar-refractivity contribution in [3.8, 4) is 5.75 Å². The van der Waals surface area contributed by atoms with Crippen molar-refractivity contribution in [2.75, 3.05) is 20.3 Å². The number of likely N-dealkylation sites (tertiary alicyclic amines) is 1. The fraction of sp³-hybridized carbons (Fsp3) is 0.538. The van der Waals surface area contributed by atoms with Crippen LogP contribution in [0, 0.1) is 5.82 Å². The standard InChI is InChI=1S/C13H18FNO2/c1-17-12-5-4-10(13(14)7-12)8-15-6-2-3-11(15)9-16/h4-5,7,11,16H,2-3,6,8-9H2,1H3/t11-/m1/s1. The van der Waals surface area contributed by atoms with Crippen LogP contribution in [0.2, 0.25) is 0 Å². The van der Waals surface area contributed by atoms with Crippen molar-refractivity contribution in [3.05, 3.63) is 29.6 Å². The molecular formula is C13H18FNO2. The summed E-state index contributed by atoms with van der Waals surface area (Å²) in [6.45, 7) is 1.63. The highest BCUT2D eigenvalue weighted by atomic mass is 19.1. The van der Waals surface area contributed by atoms with E-state index in [4.69, 9.17) is 4.74 Å². The summed E-state index contributed by atoms with van der Waals surface area (Å²) in [5.74, 6) is 0.291. The Labute approximate surface area is 101 Å². The van der Waals surface area contributed by atoms with Crippen molar-refractivity contribution < 1.29 is 14.2 Å². The van der Waals surface area contributed by atoms with E-state index in [0.29, 0.717) is 17.9 Å². The van der Waals surface area contributed by atoms with E-state index in [1.54, 1.807) is 12.1 Å². The second-order valence-corrected chi connectivity index (χ2v) is 4.41. The predicted octanol–water partition coefficient (Wildman–Crippen LogP) is 1.79. The van der Waals surface area contributed by atoms with Crippen LogP contribution in [0.5, 0.6) is 5.75 Å². The first-order valence-electron chi connectivity index (χ1n) is 5.92. The Morgan fingerprint density at radius 2 is 2.35 bits per heavy atom. The van der Waals surface area contributed by atoms with E-state index in [1.165, 1.54) is 13.2 Å². The van der Waals surface area contributed by atoms with Crippen molar-refractivity contribution >= 4 is 0 Å². The topological polar surface area (TPSA) is 32.7 Å². The number of aliphatic hydroxyl groups excluding tert-OH is 1. The van der Waals surface area contributed by atoms with Gasteiger partial charge in [-0.05, 0) is 25.5 Å². The second-order valence-electron chi connectivity index (χ2n) is 4.41. The molecule has 0 saturated carbocycles. The molecule has 94 valence electrons. The normalized spacial score (nSPS) is 20.8. The molecule has 0 aromatic heterocycles. The van der Waals surface area contributed by atoms with Crippen LogP contribution in [0.15, 0.2) is 18.2 Å². The molecule has 1 aromatic rings. The highest BCUT2D eigenvalue weighted by Crippen LogP contribution is 2.22. The molecule has 1 atom stereocenters. The maximum atomic E-state index is 13.8. The van der Waals surface area contributed by atoms with Gasteiger partial charge in [-0.3, -0.25) is 4.90 Å². The molecule has 0 aliphatic carbocycles. The van der Waals surface area contributed by atoms with Crippen LogP contribution in [0.25, 0.3) is 0 Å². The predicted molar refractivity (Wildman–Crippen MR) is 63.5 cm³/mol. The molecule has 0 unspecified atom stereocenters. The van der Waals surface area contributed by atoms with Gasteiger partial charge in [0.1, 0.15) is 11.6 Å². The van der Waals surface area contributed by atoms with E-state index in [1.807, 2.05) is 0 Å². The minimum atomic E-state index is -0.243. The van der Waals surface area contributed by atoms with Crippen LogP contribution in [-0.2, 0) is 6.54 Å². The third-order valence-corrected chi connectivity index (χ3v) is 3.34. The molecule has 1 fully saturated rings. The van der Waals surface area contributed by atoms with Gasteiger partial charge < -0.3 is 9.84 Å². The molecule has 1 aliphatic heterocycles. The van der Waals surface area contributed by atoms with E-state index >= 15 is 0 Å². The summed E-state index contributed by atoms with van der Waals surface area (Å²) in [5, 5.41) is 9.21. The van der Waals surface area contributed by atoms with E-state index in [9.17, 15) is 9.50 Å². The van der Waals surface area contributed by atoms with E-state index in [2.05, 4.69) is 4.90 Å². The smallest absolute Gasteiger partial charge is 0.131 e. The molecule has 1 aliphatic rings. The van der Waals surface area contributed by atoms with Crippen LogP contribution >= 0.6 is 0 Å². The zero-order chi connectivity index (χ0) is 12.3. The summed E-state index contributed by atoms with van der Waals surface area (Å²) < 4.78 is 18.7. The fourth-order valence-corrected chi connectivity index (χ4v) is 2.31.